The minimum Gasteiger partial charge on any atom is -0.301 e. The van der Waals surface area contributed by atoms with Crippen LogP contribution in [0.1, 0.15) is 31.7 Å². The van der Waals surface area contributed by atoms with E-state index in [0.717, 1.165) is 32.6 Å². The predicted molar refractivity (Wildman–Crippen MR) is 77.6 cm³/mol. The second-order valence-electron chi connectivity index (χ2n) is 6.43. The summed E-state index contributed by atoms with van der Waals surface area (Å²) >= 11 is 0. The SMILES string of the molecule is CC(C)N1CCN([C@@]2(C=O)C[C@H]2c2cnn(C)c2)CC1. The Morgan fingerprint density at radius 2 is 2.05 bits per heavy atom. The average Bonchev–Trinajstić information content (AvgIpc) is 3.06. The third kappa shape index (κ3) is 2.19. The zero-order valence-electron chi connectivity index (χ0n) is 12.6. The predicted octanol–water partition coefficient (Wildman–Crippen LogP) is 0.871. The standard InChI is InChI=1S/C15H24N4O/c1-12(2)18-4-6-19(7-5-18)15(11-20)8-14(15)13-9-16-17(3)10-13/h9-12,14H,4-8H2,1-3H3/t14-,15+/m0/s1. The van der Waals surface area contributed by atoms with E-state index in [0.29, 0.717) is 12.0 Å². The molecule has 0 amide bonds. The molecule has 0 N–H and O–H groups in total. The maximum atomic E-state index is 11.7. The first-order valence-corrected chi connectivity index (χ1v) is 7.51. The lowest BCUT2D eigenvalue weighted by Crippen LogP contribution is -2.54. The molecule has 3 rings (SSSR count). The Morgan fingerprint density at radius 3 is 2.55 bits per heavy atom. The van der Waals surface area contributed by atoms with E-state index in [-0.39, 0.29) is 5.54 Å². The van der Waals surface area contributed by atoms with Gasteiger partial charge >= 0.3 is 0 Å². The molecule has 110 valence electrons. The maximum absolute atomic E-state index is 11.7. The van der Waals surface area contributed by atoms with Crippen molar-refractivity contribution in [1.29, 1.82) is 0 Å². The number of hydrogen-bond donors (Lipinski definition) is 0. The van der Waals surface area contributed by atoms with Gasteiger partial charge in [-0.1, -0.05) is 0 Å². The number of rotatable bonds is 4. The van der Waals surface area contributed by atoms with Gasteiger partial charge in [-0.2, -0.15) is 5.10 Å². The van der Waals surface area contributed by atoms with E-state index in [1.54, 1.807) is 0 Å². The number of piperazine rings is 1. The molecule has 1 aromatic heterocycles. The van der Waals surface area contributed by atoms with Crippen molar-refractivity contribution in [3.05, 3.63) is 18.0 Å². The van der Waals surface area contributed by atoms with Crippen LogP contribution < -0.4 is 0 Å². The summed E-state index contributed by atoms with van der Waals surface area (Å²) in [6, 6.07) is 0.595. The lowest BCUT2D eigenvalue weighted by Gasteiger charge is -2.40. The van der Waals surface area contributed by atoms with E-state index in [1.807, 2.05) is 24.1 Å². The summed E-state index contributed by atoms with van der Waals surface area (Å²) in [4.78, 5) is 16.6. The summed E-state index contributed by atoms with van der Waals surface area (Å²) in [5, 5.41) is 4.23. The van der Waals surface area contributed by atoms with Crippen molar-refractivity contribution in [2.45, 2.75) is 37.8 Å². The van der Waals surface area contributed by atoms with Crippen LogP contribution in [0.4, 0.5) is 0 Å². The van der Waals surface area contributed by atoms with E-state index < -0.39 is 0 Å². The monoisotopic (exact) mass is 276 g/mol. The van der Waals surface area contributed by atoms with Gasteiger partial charge in [0.25, 0.3) is 0 Å². The number of aromatic nitrogens is 2. The largest absolute Gasteiger partial charge is 0.301 e. The topological polar surface area (TPSA) is 41.4 Å². The van der Waals surface area contributed by atoms with Gasteiger partial charge in [0.2, 0.25) is 0 Å². The molecule has 2 fully saturated rings. The van der Waals surface area contributed by atoms with Gasteiger partial charge < -0.3 is 4.79 Å². The van der Waals surface area contributed by atoms with Crippen LogP contribution in [0.25, 0.3) is 0 Å². The highest BCUT2D eigenvalue weighted by atomic mass is 16.1. The third-order valence-electron chi connectivity index (χ3n) is 4.94. The second kappa shape index (κ2) is 4.97. The number of carbonyl (C=O) groups is 1. The number of carbonyl (C=O) groups excluding carboxylic acids is 1. The zero-order chi connectivity index (χ0) is 14.3. The van der Waals surface area contributed by atoms with Gasteiger partial charge in [0.05, 0.1) is 11.7 Å². The van der Waals surface area contributed by atoms with Crippen LogP contribution in [0.5, 0.6) is 0 Å². The van der Waals surface area contributed by atoms with Crippen molar-refractivity contribution in [3.8, 4) is 0 Å². The highest BCUT2D eigenvalue weighted by Crippen LogP contribution is 2.54. The fourth-order valence-electron chi connectivity index (χ4n) is 3.50. The maximum Gasteiger partial charge on any atom is 0.140 e. The smallest absolute Gasteiger partial charge is 0.140 e. The van der Waals surface area contributed by atoms with Gasteiger partial charge in [-0.05, 0) is 25.8 Å². The molecule has 1 saturated carbocycles. The summed E-state index contributed by atoms with van der Waals surface area (Å²) < 4.78 is 1.82. The lowest BCUT2D eigenvalue weighted by molar-refractivity contribution is -0.115. The molecule has 1 saturated heterocycles. The Kier molecular flexibility index (Phi) is 3.42. The molecule has 5 heteroatoms. The second-order valence-corrected chi connectivity index (χ2v) is 6.43. The van der Waals surface area contributed by atoms with Gasteiger partial charge in [0.1, 0.15) is 6.29 Å². The van der Waals surface area contributed by atoms with Crippen molar-refractivity contribution in [3.63, 3.8) is 0 Å². The molecule has 5 nitrogen and oxygen atoms in total. The van der Waals surface area contributed by atoms with E-state index in [1.165, 1.54) is 11.8 Å². The molecule has 2 atom stereocenters. The minimum atomic E-state index is -0.258. The summed E-state index contributed by atoms with van der Waals surface area (Å²) in [5.41, 5.74) is 0.942. The number of nitrogens with zero attached hydrogens (tertiary/aromatic N) is 4. The summed E-state index contributed by atoms with van der Waals surface area (Å²) in [6.07, 6.45) is 6.07. The zero-order valence-corrected chi connectivity index (χ0v) is 12.6. The molecule has 2 heterocycles. The van der Waals surface area contributed by atoms with Crippen LogP contribution in [0, 0.1) is 0 Å². The lowest BCUT2D eigenvalue weighted by atomic mass is 10.1. The number of hydrogen-bond acceptors (Lipinski definition) is 4. The van der Waals surface area contributed by atoms with E-state index in [4.69, 9.17) is 0 Å². The van der Waals surface area contributed by atoms with Gasteiger partial charge in [0.15, 0.2) is 0 Å². The highest BCUT2D eigenvalue weighted by Gasteiger charge is 2.59. The molecular formula is C15H24N4O. The van der Waals surface area contributed by atoms with Crippen molar-refractivity contribution in [2.75, 3.05) is 26.2 Å². The molecule has 1 aliphatic carbocycles. The summed E-state index contributed by atoms with van der Waals surface area (Å²) in [6.45, 7) is 8.59. The fourth-order valence-corrected chi connectivity index (χ4v) is 3.50. The van der Waals surface area contributed by atoms with Crippen molar-refractivity contribution >= 4 is 6.29 Å². The molecule has 0 bridgehead atoms. The van der Waals surface area contributed by atoms with Gasteiger partial charge in [-0.25, -0.2) is 0 Å². The Bertz CT molecular complexity index is 490. The minimum absolute atomic E-state index is 0.258. The van der Waals surface area contributed by atoms with Crippen LogP contribution in [0.3, 0.4) is 0 Å². The van der Waals surface area contributed by atoms with Gasteiger partial charge in [0, 0.05) is 51.4 Å². The molecule has 2 aliphatic rings. The van der Waals surface area contributed by atoms with Gasteiger partial charge in [-0.3, -0.25) is 14.5 Å². The highest BCUT2D eigenvalue weighted by molar-refractivity contribution is 5.73. The quantitative estimate of drug-likeness (QED) is 0.765. The van der Waals surface area contributed by atoms with Crippen molar-refractivity contribution in [2.24, 2.45) is 7.05 Å². The molecule has 1 aromatic rings. The van der Waals surface area contributed by atoms with Crippen LogP contribution in [-0.2, 0) is 11.8 Å². The molecule has 0 spiro atoms. The van der Waals surface area contributed by atoms with Crippen LogP contribution in [-0.4, -0.2) is 63.6 Å². The molecule has 0 radical (unpaired) electrons. The molecule has 20 heavy (non-hydrogen) atoms. The first kappa shape index (κ1) is 13.8. The molecule has 0 unspecified atom stereocenters. The van der Waals surface area contributed by atoms with E-state index >= 15 is 0 Å². The molecular weight excluding hydrogens is 252 g/mol. The number of aldehydes is 1. The summed E-state index contributed by atoms with van der Waals surface area (Å²) in [7, 11) is 1.93. The van der Waals surface area contributed by atoms with E-state index in [2.05, 4.69) is 28.7 Å². The summed E-state index contributed by atoms with van der Waals surface area (Å²) in [5.74, 6) is 0.333. The Balaban J connectivity index is 1.69. The first-order chi connectivity index (χ1) is 9.56. The van der Waals surface area contributed by atoms with Gasteiger partial charge in [-0.15, -0.1) is 0 Å². The molecule has 1 aliphatic heterocycles. The first-order valence-electron chi connectivity index (χ1n) is 7.51. The van der Waals surface area contributed by atoms with Crippen molar-refractivity contribution in [1.82, 2.24) is 19.6 Å². The average molecular weight is 276 g/mol. The van der Waals surface area contributed by atoms with Crippen LogP contribution in [0.2, 0.25) is 0 Å². The van der Waals surface area contributed by atoms with E-state index in [9.17, 15) is 4.79 Å². The van der Waals surface area contributed by atoms with Crippen LogP contribution in [0.15, 0.2) is 12.4 Å². The Labute approximate surface area is 120 Å². The van der Waals surface area contributed by atoms with Crippen LogP contribution >= 0.6 is 0 Å². The third-order valence-corrected chi connectivity index (χ3v) is 4.94. The van der Waals surface area contributed by atoms with Crippen molar-refractivity contribution < 1.29 is 4.79 Å². The Morgan fingerprint density at radius 1 is 1.35 bits per heavy atom. The number of aryl methyl sites for hydroxylation is 1. The fraction of sp³-hybridized carbons (Fsp3) is 0.733. The normalized spacial score (nSPS) is 31.7. The molecule has 0 aromatic carbocycles. The Hall–Kier alpha value is -1.20.